The van der Waals surface area contributed by atoms with Crippen LogP contribution in [0.3, 0.4) is 0 Å². The van der Waals surface area contributed by atoms with Gasteiger partial charge in [-0.3, -0.25) is 4.79 Å². The van der Waals surface area contributed by atoms with Gasteiger partial charge >= 0.3 is 6.18 Å². The molecule has 0 aliphatic rings. The normalized spacial score (nSPS) is 11.9. The third kappa shape index (κ3) is 5.12. The van der Waals surface area contributed by atoms with E-state index in [9.17, 15) is 26.4 Å². The molecular weight excluding hydrogens is 482 g/mol. The van der Waals surface area contributed by atoms with E-state index in [0.717, 1.165) is 35.3 Å². The van der Waals surface area contributed by atoms with E-state index in [4.69, 9.17) is 27.9 Å². The zero-order valence-corrected chi connectivity index (χ0v) is 17.8. The first kappa shape index (κ1) is 22.9. The molecular formula is C18H12Cl2F3N3O4S. The summed E-state index contributed by atoms with van der Waals surface area (Å²) in [4.78, 5) is 15.7. The number of imidazole rings is 1. The van der Waals surface area contributed by atoms with E-state index >= 15 is 0 Å². The summed E-state index contributed by atoms with van der Waals surface area (Å²) < 4.78 is 71.9. The standard InChI is InChI=1S/C18H12Cl2F3N3O4S/c1-30-13-2-3-14(20)16(7-13)31(28,29)25-17(27)15-8-26(9-24-15)12-5-10(18(21,22)23)4-11(19)6-12/h2-9H,1H3,(H,25,27). The second kappa shape index (κ2) is 8.40. The topological polar surface area (TPSA) is 90.3 Å². The van der Waals surface area contributed by atoms with Gasteiger partial charge in [0.15, 0.2) is 0 Å². The average molecular weight is 494 g/mol. The molecule has 7 nitrogen and oxygen atoms in total. The van der Waals surface area contributed by atoms with Crippen LogP contribution in [0, 0.1) is 0 Å². The van der Waals surface area contributed by atoms with Crippen molar-refractivity contribution in [2.75, 3.05) is 7.11 Å². The monoisotopic (exact) mass is 493 g/mol. The number of ether oxygens (including phenoxy) is 1. The molecule has 0 radical (unpaired) electrons. The molecule has 0 saturated carbocycles. The van der Waals surface area contributed by atoms with Gasteiger partial charge in [-0.15, -0.1) is 0 Å². The second-order valence-electron chi connectivity index (χ2n) is 6.09. The fraction of sp³-hybridized carbons (Fsp3) is 0.111. The fourth-order valence-electron chi connectivity index (χ4n) is 2.51. The van der Waals surface area contributed by atoms with Crippen LogP contribution in [0.2, 0.25) is 10.0 Å². The van der Waals surface area contributed by atoms with Gasteiger partial charge in [-0.25, -0.2) is 18.1 Å². The predicted octanol–water partition coefficient (Wildman–Crippen LogP) is 4.33. The number of nitrogens with zero attached hydrogens (tertiary/aromatic N) is 2. The Morgan fingerprint density at radius 2 is 1.87 bits per heavy atom. The molecule has 13 heteroatoms. The van der Waals surface area contributed by atoms with Crippen LogP contribution in [0.25, 0.3) is 5.69 Å². The Morgan fingerprint density at radius 3 is 2.52 bits per heavy atom. The van der Waals surface area contributed by atoms with Crippen molar-refractivity contribution < 1.29 is 31.1 Å². The Labute approximate surface area is 184 Å². The van der Waals surface area contributed by atoms with Crippen LogP contribution in [-0.2, 0) is 16.2 Å². The van der Waals surface area contributed by atoms with Gasteiger partial charge in [0.05, 0.1) is 17.7 Å². The van der Waals surface area contributed by atoms with Gasteiger partial charge in [-0.05, 0) is 30.3 Å². The van der Waals surface area contributed by atoms with E-state index < -0.39 is 32.6 Å². The minimum Gasteiger partial charge on any atom is -0.497 e. The summed E-state index contributed by atoms with van der Waals surface area (Å²) in [6, 6.07) is 6.63. The summed E-state index contributed by atoms with van der Waals surface area (Å²) in [7, 11) is -3.07. The minimum absolute atomic E-state index is 0.0231. The highest BCUT2D eigenvalue weighted by Crippen LogP contribution is 2.33. The van der Waals surface area contributed by atoms with Gasteiger partial charge in [0.1, 0.15) is 22.7 Å². The summed E-state index contributed by atoms with van der Waals surface area (Å²) in [5, 5.41) is -0.329. The SMILES string of the molecule is COc1ccc(Cl)c(S(=O)(=O)NC(=O)c2cn(-c3cc(Cl)cc(C(F)(F)F)c3)cn2)c1. The highest BCUT2D eigenvalue weighted by molar-refractivity contribution is 7.90. The number of hydrogen-bond donors (Lipinski definition) is 1. The number of carbonyl (C=O) groups is 1. The number of aromatic nitrogens is 2. The number of nitrogens with one attached hydrogen (secondary N) is 1. The third-order valence-corrected chi connectivity index (χ3v) is 6.01. The number of carbonyl (C=O) groups excluding carboxylic acids is 1. The van der Waals surface area contributed by atoms with Gasteiger partial charge < -0.3 is 9.30 Å². The molecule has 31 heavy (non-hydrogen) atoms. The Morgan fingerprint density at radius 1 is 1.16 bits per heavy atom. The lowest BCUT2D eigenvalue weighted by atomic mass is 10.2. The van der Waals surface area contributed by atoms with Crippen molar-refractivity contribution in [2.45, 2.75) is 11.1 Å². The van der Waals surface area contributed by atoms with Gasteiger partial charge in [0.25, 0.3) is 15.9 Å². The van der Waals surface area contributed by atoms with Crippen LogP contribution in [0.15, 0.2) is 53.8 Å². The van der Waals surface area contributed by atoms with Crippen LogP contribution in [0.5, 0.6) is 5.75 Å². The average Bonchev–Trinajstić information content (AvgIpc) is 3.17. The van der Waals surface area contributed by atoms with Gasteiger partial charge in [0, 0.05) is 23.0 Å². The van der Waals surface area contributed by atoms with Crippen molar-refractivity contribution >= 4 is 39.1 Å². The third-order valence-electron chi connectivity index (χ3n) is 3.98. The van der Waals surface area contributed by atoms with Crippen molar-refractivity contribution in [3.8, 4) is 11.4 Å². The summed E-state index contributed by atoms with van der Waals surface area (Å²) in [6.45, 7) is 0. The van der Waals surface area contributed by atoms with Gasteiger partial charge in [-0.2, -0.15) is 13.2 Å². The molecule has 0 spiro atoms. The fourth-order valence-corrected chi connectivity index (χ4v) is 4.22. The highest BCUT2D eigenvalue weighted by atomic mass is 35.5. The number of rotatable bonds is 5. The zero-order chi connectivity index (χ0) is 23.0. The smallest absolute Gasteiger partial charge is 0.416 e. The Balaban J connectivity index is 1.88. The van der Waals surface area contributed by atoms with E-state index in [1.54, 1.807) is 4.72 Å². The zero-order valence-electron chi connectivity index (χ0n) is 15.4. The lowest BCUT2D eigenvalue weighted by Gasteiger charge is -2.10. The minimum atomic E-state index is -4.63. The Kier molecular flexibility index (Phi) is 6.21. The van der Waals surface area contributed by atoms with Crippen molar-refractivity contribution in [1.82, 2.24) is 14.3 Å². The van der Waals surface area contributed by atoms with Crippen LogP contribution < -0.4 is 9.46 Å². The van der Waals surface area contributed by atoms with Crippen molar-refractivity contribution in [3.05, 3.63) is 70.2 Å². The molecule has 1 aromatic heterocycles. The first-order chi connectivity index (χ1) is 14.4. The molecule has 3 rings (SSSR count). The van der Waals surface area contributed by atoms with Crippen LogP contribution >= 0.6 is 23.2 Å². The largest absolute Gasteiger partial charge is 0.497 e. The van der Waals surface area contributed by atoms with E-state index in [2.05, 4.69) is 4.98 Å². The summed E-state index contributed by atoms with van der Waals surface area (Å²) in [5.41, 5.74) is -1.38. The van der Waals surface area contributed by atoms with Crippen molar-refractivity contribution in [3.63, 3.8) is 0 Å². The quantitative estimate of drug-likeness (QED) is 0.571. The first-order valence-electron chi connectivity index (χ1n) is 8.23. The molecule has 0 bridgehead atoms. The molecule has 1 N–H and O–H groups in total. The number of amides is 1. The lowest BCUT2D eigenvalue weighted by Crippen LogP contribution is -2.31. The number of alkyl halides is 3. The Bertz CT molecular complexity index is 1260. The molecule has 2 aromatic carbocycles. The predicted molar refractivity (Wildman–Crippen MR) is 106 cm³/mol. The maximum absolute atomic E-state index is 13.0. The van der Waals surface area contributed by atoms with Crippen LogP contribution in [0.1, 0.15) is 16.1 Å². The van der Waals surface area contributed by atoms with Gasteiger partial charge in [0.2, 0.25) is 0 Å². The number of methoxy groups -OCH3 is 1. The van der Waals surface area contributed by atoms with Gasteiger partial charge in [-0.1, -0.05) is 23.2 Å². The maximum Gasteiger partial charge on any atom is 0.416 e. The molecule has 1 heterocycles. The Hall–Kier alpha value is -2.76. The molecule has 0 atom stereocenters. The summed E-state index contributed by atoms with van der Waals surface area (Å²) in [5.74, 6) is -0.918. The molecule has 0 saturated heterocycles. The lowest BCUT2D eigenvalue weighted by molar-refractivity contribution is -0.137. The second-order valence-corrected chi connectivity index (χ2v) is 8.59. The molecule has 0 aliphatic heterocycles. The van der Waals surface area contributed by atoms with Crippen LogP contribution in [-0.4, -0.2) is 31.0 Å². The number of benzene rings is 2. The van der Waals surface area contributed by atoms with E-state index in [0.29, 0.717) is 0 Å². The molecule has 164 valence electrons. The van der Waals surface area contributed by atoms with E-state index in [-0.39, 0.29) is 27.2 Å². The molecule has 1 amide bonds. The molecule has 0 fully saturated rings. The highest BCUT2D eigenvalue weighted by Gasteiger charge is 2.31. The number of hydrogen-bond acceptors (Lipinski definition) is 5. The van der Waals surface area contributed by atoms with E-state index in [1.807, 2.05) is 0 Å². The van der Waals surface area contributed by atoms with Crippen molar-refractivity contribution in [2.24, 2.45) is 0 Å². The van der Waals surface area contributed by atoms with Crippen LogP contribution in [0.4, 0.5) is 13.2 Å². The van der Waals surface area contributed by atoms with E-state index in [1.165, 1.54) is 25.3 Å². The number of halogens is 5. The first-order valence-corrected chi connectivity index (χ1v) is 10.5. The maximum atomic E-state index is 13.0. The number of sulfonamides is 1. The van der Waals surface area contributed by atoms with Crippen molar-refractivity contribution in [1.29, 1.82) is 0 Å². The summed E-state index contributed by atoms with van der Waals surface area (Å²) >= 11 is 11.7. The summed E-state index contributed by atoms with van der Waals surface area (Å²) in [6.07, 6.45) is -2.53. The molecule has 3 aromatic rings. The molecule has 0 unspecified atom stereocenters. The molecule has 0 aliphatic carbocycles.